The molecule has 0 fully saturated rings. The highest BCUT2D eigenvalue weighted by Crippen LogP contribution is 2.22. The fourth-order valence-corrected chi connectivity index (χ4v) is 2.00. The SMILES string of the molecule is NCCCc1nc(C(=O)O)c2c(Cl)cccn12. The quantitative estimate of drug-likeness (QED) is 0.867. The first-order valence-electron chi connectivity index (χ1n) is 5.24. The summed E-state index contributed by atoms with van der Waals surface area (Å²) >= 11 is 6.00. The second-order valence-corrected chi connectivity index (χ2v) is 4.06. The van der Waals surface area contributed by atoms with Crippen LogP contribution in [0.1, 0.15) is 22.7 Å². The average Bonchev–Trinajstić information content (AvgIpc) is 2.67. The van der Waals surface area contributed by atoms with Crippen LogP contribution in [-0.4, -0.2) is 27.0 Å². The number of halogens is 1. The van der Waals surface area contributed by atoms with Crippen LogP contribution in [0, 0.1) is 0 Å². The van der Waals surface area contributed by atoms with Crippen LogP contribution in [-0.2, 0) is 6.42 Å². The van der Waals surface area contributed by atoms with Crippen molar-refractivity contribution in [3.8, 4) is 0 Å². The summed E-state index contributed by atoms with van der Waals surface area (Å²) in [5.41, 5.74) is 5.86. The normalized spacial score (nSPS) is 10.9. The van der Waals surface area contributed by atoms with Gasteiger partial charge in [-0.25, -0.2) is 9.78 Å². The summed E-state index contributed by atoms with van der Waals surface area (Å²) in [6.45, 7) is 0.540. The summed E-state index contributed by atoms with van der Waals surface area (Å²) in [4.78, 5) is 15.2. The van der Waals surface area contributed by atoms with Crippen molar-refractivity contribution in [2.75, 3.05) is 6.54 Å². The fraction of sp³-hybridized carbons (Fsp3) is 0.273. The van der Waals surface area contributed by atoms with Crippen LogP contribution < -0.4 is 5.73 Å². The standard InChI is InChI=1S/C11H12ClN3O2/c12-7-3-2-6-15-8(4-1-5-13)14-9(10(7)15)11(16)17/h2-3,6H,1,4-5,13H2,(H,16,17). The Bertz CT molecular complexity index is 565. The molecule has 0 saturated carbocycles. The third kappa shape index (κ3) is 2.11. The summed E-state index contributed by atoms with van der Waals surface area (Å²) in [5.74, 6) is -0.403. The molecule has 0 bridgehead atoms. The molecule has 17 heavy (non-hydrogen) atoms. The van der Waals surface area contributed by atoms with Crippen LogP contribution in [0.4, 0.5) is 0 Å². The minimum atomic E-state index is -1.07. The predicted molar refractivity (Wildman–Crippen MR) is 64.5 cm³/mol. The number of pyridine rings is 1. The number of nitrogens with zero attached hydrogens (tertiary/aromatic N) is 2. The molecule has 90 valence electrons. The molecule has 0 saturated heterocycles. The molecule has 2 rings (SSSR count). The van der Waals surface area contributed by atoms with E-state index in [-0.39, 0.29) is 5.69 Å². The van der Waals surface area contributed by atoms with E-state index in [2.05, 4.69) is 4.98 Å². The minimum absolute atomic E-state index is 0.0115. The van der Waals surface area contributed by atoms with Crippen LogP contribution >= 0.6 is 11.6 Å². The van der Waals surface area contributed by atoms with E-state index in [4.69, 9.17) is 22.4 Å². The molecule has 0 aliphatic rings. The van der Waals surface area contributed by atoms with Gasteiger partial charge >= 0.3 is 5.97 Å². The molecule has 0 spiro atoms. The van der Waals surface area contributed by atoms with Gasteiger partial charge in [-0.3, -0.25) is 0 Å². The summed E-state index contributed by atoms with van der Waals surface area (Å²) in [6.07, 6.45) is 3.14. The van der Waals surface area contributed by atoms with Gasteiger partial charge in [-0.15, -0.1) is 0 Å². The van der Waals surface area contributed by atoms with Crippen LogP contribution in [0.15, 0.2) is 18.3 Å². The molecule has 2 aromatic rings. The van der Waals surface area contributed by atoms with Crippen LogP contribution in [0.25, 0.3) is 5.52 Å². The number of carboxylic acid groups (broad SMARTS) is 1. The lowest BCUT2D eigenvalue weighted by Crippen LogP contribution is -2.03. The van der Waals surface area contributed by atoms with Gasteiger partial charge in [-0.1, -0.05) is 11.6 Å². The topological polar surface area (TPSA) is 80.6 Å². The number of aromatic carboxylic acids is 1. The molecule has 3 N–H and O–H groups in total. The third-order valence-corrected chi connectivity index (χ3v) is 2.80. The van der Waals surface area contributed by atoms with E-state index in [9.17, 15) is 4.79 Å². The van der Waals surface area contributed by atoms with Crippen molar-refractivity contribution < 1.29 is 9.90 Å². The molecule has 0 radical (unpaired) electrons. The number of hydrogen-bond acceptors (Lipinski definition) is 3. The zero-order chi connectivity index (χ0) is 12.4. The smallest absolute Gasteiger partial charge is 0.356 e. The molecule has 2 aromatic heterocycles. The molecule has 0 aliphatic heterocycles. The molecule has 2 heterocycles. The Labute approximate surface area is 103 Å². The summed E-state index contributed by atoms with van der Waals surface area (Å²) in [7, 11) is 0. The van der Waals surface area contributed by atoms with E-state index in [0.717, 1.165) is 6.42 Å². The lowest BCUT2D eigenvalue weighted by Gasteiger charge is -2.00. The van der Waals surface area contributed by atoms with E-state index >= 15 is 0 Å². The van der Waals surface area contributed by atoms with Crippen molar-refractivity contribution >= 4 is 23.1 Å². The number of carbonyl (C=O) groups is 1. The molecular weight excluding hydrogens is 242 g/mol. The molecule has 0 aliphatic carbocycles. The van der Waals surface area contributed by atoms with Crippen molar-refractivity contribution in [3.63, 3.8) is 0 Å². The molecule has 6 heteroatoms. The summed E-state index contributed by atoms with van der Waals surface area (Å²) in [5, 5.41) is 9.47. The van der Waals surface area contributed by atoms with Gasteiger partial charge in [0.25, 0.3) is 0 Å². The zero-order valence-corrected chi connectivity index (χ0v) is 9.81. The fourth-order valence-electron chi connectivity index (χ4n) is 1.75. The first-order chi connectivity index (χ1) is 8.15. The maximum absolute atomic E-state index is 11.1. The molecule has 0 unspecified atom stereocenters. The average molecular weight is 254 g/mol. The summed E-state index contributed by atoms with van der Waals surface area (Å²) < 4.78 is 1.71. The Kier molecular flexibility index (Phi) is 3.31. The van der Waals surface area contributed by atoms with Crippen molar-refractivity contribution in [3.05, 3.63) is 34.9 Å². The number of carboxylic acids is 1. The van der Waals surface area contributed by atoms with Gasteiger partial charge in [0.05, 0.1) is 10.5 Å². The van der Waals surface area contributed by atoms with E-state index < -0.39 is 5.97 Å². The number of fused-ring (bicyclic) bond motifs is 1. The van der Waals surface area contributed by atoms with Gasteiger partial charge in [-0.2, -0.15) is 0 Å². The molecule has 5 nitrogen and oxygen atoms in total. The second kappa shape index (κ2) is 4.73. The number of aryl methyl sites for hydroxylation is 1. The highest BCUT2D eigenvalue weighted by Gasteiger charge is 2.18. The van der Waals surface area contributed by atoms with Crippen LogP contribution in [0.5, 0.6) is 0 Å². The lowest BCUT2D eigenvalue weighted by atomic mass is 10.3. The Hall–Kier alpha value is -1.59. The first kappa shape index (κ1) is 11.9. The molecule has 0 amide bonds. The van der Waals surface area contributed by atoms with Crippen LogP contribution in [0.2, 0.25) is 5.02 Å². The Morgan fingerprint density at radius 2 is 2.35 bits per heavy atom. The van der Waals surface area contributed by atoms with Crippen molar-refractivity contribution in [1.29, 1.82) is 0 Å². The monoisotopic (exact) mass is 253 g/mol. The molecular formula is C11H12ClN3O2. The van der Waals surface area contributed by atoms with Gasteiger partial charge < -0.3 is 15.2 Å². The highest BCUT2D eigenvalue weighted by atomic mass is 35.5. The third-order valence-electron chi connectivity index (χ3n) is 2.50. The largest absolute Gasteiger partial charge is 0.476 e. The maximum Gasteiger partial charge on any atom is 0.356 e. The first-order valence-corrected chi connectivity index (χ1v) is 5.61. The van der Waals surface area contributed by atoms with Gasteiger partial charge in [-0.05, 0) is 25.1 Å². The number of rotatable bonds is 4. The van der Waals surface area contributed by atoms with Gasteiger partial charge in [0.1, 0.15) is 5.82 Å². The maximum atomic E-state index is 11.1. The van der Waals surface area contributed by atoms with E-state index in [1.807, 2.05) is 0 Å². The number of aromatic nitrogens is 2. The van der Waals surface area contributed by atoms with Crippen molar-refractivity contribution in [2.45, 2.75) is 12.8 Å². The van der Waals surface area contributed by atoms with Crippen molar-refractivity contribution in [2.24, 2.45) is 5.73 Å². The van der Waals surface area contributed by atoms with E-state index in [1.54, 1.807) is 22.7 Å². The Morgan fingerprint density at radius 3 is 3.00 bits per heavy atom. The highest BCUT2D eigenvalue weighted by molar-refractivity contribution is 6.34. The molecule has 0 aromatic carbocycles. The minimum Gasteiger partial charge on any atom is -0.476 e. The van der Waals surface area contributed by atoms with Gasteiger partial charge in [0, 0.05) is 12.6 Å². The predicted octanol–water partition coefficient (Wildman–Crippen LogP) is 1.58. The summed E-state index contributed by atoms with van der Waals surface area (Å²) in [6, 6.07) is 3.41. The number of hydrogen-bond donors (Lipinski definition) is 2. The number of nitrogens with two attached hydrogens (primary N) is 1. The Morgan fingerprint density at radius 1 is 1.59 bits per heavy atom. The Balaban J connectivity index is 2.62. The van der Waals surface area contributed by atoms with Gasteiger partial charge in [0.15, 0.2) is 5.69 Å². The number of imidazole rings is 1. The van der Waals surface area contributed by atoms with Crippen LogP contribution in [0.3, 0.4) is 0 Å². The van der Waals surface area contributed by atoms with E-state index in [1.165, 1.54) is 0 Å². The second-order valence-electron chi connectivity index (χ2n) is 3.65. The molecule has 0 atom stereocenters. The lowest BCUT2D eigenvalue weighted by molar-refractivity contribution is 0.0693. The van der Waals surface area contributed by atoms with Gasteiger partial charge in [0.2, 0.25) is 0 Å². The zero-order valence-electron chi connectivity index (χ0n) is 9.06. The van der Waals surface area contributed by atoms with Crippen molar-refractivity contribution in [1.82, 2.24) is 9.38 Å². The van der Waals surface area contributed by atoms with E-state index in [0.29, 0.717) is 29.3 Å².